The first-order valence-electron chi connectivity index (χ1n) is 10.4. The summed E-state index contributed by atoms with van der Waals surface area (Å²) in [5, 5.41) is 1.72. The highest BCUT2D eigenvalue weighted by atomic mass is 32.2. The molecular formula is C26H24N2O3S2. The quantitative estimate of drug-likeness (QED) is 0.373. The number of carbonyl (C=O) groups excluding carboxylic acids is 1. The van der Waals surface area contributed by atoms with E-state index in [1.807, 2.05) is 67.7 Å². The minimum absolute atomic E-state index is 0.0281. The van der Waals surface area contributed by atoms with Crippen LogP contribution in [0.3, 0.4) is 0 Å². The van der Waals surface area contributed by atoms with Gasteiger partial charge in [0.15, 0.2) is 0 Å². The van der Waals surface area contributed by atoms with Gasteiger partial charge in [0.05, 0.1) is 12.5 Å². The van der Waals surface area contributed by atoms with E-state index < -0.39 is 10.0 Å². The summed E-state index contributed by atoms with van der Waals surface area (Å²) in [4.78, 5) is 14.9. The van der Waals surface area contributed by atoms with Crippen LogP contribution in [0.2, 0.25) is 0 Å². The van der Waals surface area contributed by atoms with Crippen molar-refractivity contribution in [2.24, 2.45) is 0 Å². The third kappa shape index (κ3) is 5.50. The zero-order valence-corrected chi connectivity index (χ0v) is 19.7. The molecule has 1 aromatic heterocycles. The molecule has 0 fully saturated rings. The van der Waals surface area contributed by atoms with Crippen LogP contribution in [0.4, 0.5) is 5.69 Å². The maximum atomic E-state index is 13.2. The van der Waals surface area contributed by atoms with Gasteiger partial charge >= 0.3 is 0 Å². The van der Waals surface area contributed by atoms with Crippen molar-refractivity contribution in [2.45, 2.75) is 16.7 Å². The van der Waals surface area contributed by atoms with Gasteiger partial charge in [0.2, 0.25) is 5.91 Å². The van der Waals surface area contributed by atoms with E-state index in [1.54, 1.807) is 46.7 Å². The number of amides is 1. The number of hydrogen-bond acceptors (Lipinski definition) is 4. The Bertz CT molecular complexity index is 1250. The van der Waals surface area contributed by atoms with Gasteiger partial charge in [-0.1, -0.05) is 78.9 Å². The zero-order chi connectivity index (χ0) is 23.3. The molecule has 0 atom stereocenters. The molecule has 4 aromatic rings. The maximum absolute atomic E-state index is 13.2. The fourth-order valence-electron chi connectivity index (χ4n) is 3.67. The van der Waals surface area contributed by atoms with Crippen LogP contribution in [0.1, 0.15) is 22.7 Å². The molecule has 0 saturated heterocycles. The molecule has 4 rings (SSSR count). The van der Waals surface area contributed by atoms with Crippen molar-refractivity contribution in [1.29, 1.82) is 0 Å². The monoisotopic (exact) mass is 476 g/mol. The van der Waals surface area contributed by atoms with Crippen molar-refractivity contribution in [2.75, 3.05) is 11.8 Å². The summed E-state index contributed by atoms with van der Waals surface area (Å²) in [6, 6.07) is 29.9. The van der Waals surface area contributed by atoms with E-state index in [0.717, 1.165) is 28.0 Å². The number of nitrogens with zero attached hydrogens (tertiary/aromatic N) is 1. The molecule has 0 aliphatic rings. The molecule has 0 bridgehead atoms. The van der Waals surface area contributed by atoms with Crippen LogP contribution in [0, 0.1) is 0 Å². The van der Waals surface area contributed by atoms with Crippen LogP contribution in [-0.4, -0.2) is 26.3 Å². The third-order valence-electron chi connectivity index (χ3n) is 5.33. The summed E-state index contributed by atoms with van der Waals surface area (Å²) in [6.45, 7) is 0. The summed E-state index contributed by atoms with van der Waals surface area (Å²) >= 11 is 1.16. The number of hydrogen-bond donors (Lipinski definition) is 1. The van der Waals surface area contributed by atoms with Crippen LogP contribution < -0.4 is 4.72 Å². The fraction of sp³-hybridized carbons (Fsp3) is 0.115. The largest absolute Gasteiger partial charge is 0.334 e. The number of thiophene rings is 1. The lowest BCUT2D eigenvalue weighted by Crippen LogP contribution is -2.33. The lowest BCUT2D eigenvalue weighted by atomic mass is 9.97. The van der Waals surface area contributed by atoms with Crippen molar-refractivity contribution >= 4 is 33.0 Å². The molecule has 0 aliphatic heterocycles. The first kappa shape index (κ1) is 22.8. The number of rotatable bonds is 8. The zero-order valence-electron chi connectivity index (χ0n) is 18.1. The lowest BCUT2D eigenvalue weighted by molar-refractivity contribution is -0.130. The van der Waals surface area contributed by atoms with Gasteiger partial charge in [-0.2, -0.15) is 0 Å². The van der Waals surface area contributed by atoms with Gasteiger partial charge in [-0.05, 0) is 40.3 Å². The number of carbonyl (C=O) groups is 1. The van der Waals surface area contributed by atoms with Gasteiger partial charge < -0.3 is 4.90 Å². The molecule has 7 heteroatoms. The SMILES string of the molecule is CN(C(=O)Cc1ccc(NS(=O)(=O)c2cccs2)cc1)C(c1ccccc1)c1ccccc1. The van der Waals surface area contributed by atoms with E-state index in [9.17, 15) is 13.2 Å². The van der Waals surface area contributed by atoms with E-state index in [1.165, 1.54) is 0 Å². The second kappa shape index (κ2) is 10.0. The van der Waals surface area contributed by atoms with E-state index in [4.69, 9.17) is 0 Å². The standard InChI is InChI=1S/C26H24N2O3S2/c1-28(26(21-9-4-2-5-10-21)22-11-6-3-7-12-22)24(29)19-20-14-16-23(17-15-20)27-33(30,31)25-13-8-18-32-25/h2-18,26-27H,19H2,1H3. The Morgan fingerprint density at radius 3 is 1.94 bits per heavy atom. The predicted octanol–water partition coefficient (Wildman–Crippen LogP) is 5.34. The second-order valence-electron chi connectivity index (χ2n) is 7.64. The van der Waals surface area contributed by atoms with Crippen LogP contribution in [0.15, 0.2) is 107 Å². The summed E-state index contributed by atoms with van der Waals surface area (Å²) < 4.78 is 27.6. The average molecular weight is 477 g/mol. The smallest absolute Gasteiger partial charge is 0.271 e. The average Bonchev–Trinajstić information content (AvgIpc) is 3.38. The van der Waals surface area contributed by atoms with E-state index >= 15 is 0 Å². The van der Waals surface area contributed by atoms with Crippen molar-refractivity contribution in [3.05, 3.63) is 119 Å². The first-order valence-corrected chi connectivity index (χ1v) is 12.8. The highest BCUT2D eigenvalue weighted by Gasteiger charge is 2.23. The van der Waals surface area contributed by atoms with E-state index in [0.29, 0.717) is 5.69 Å². The molecule has 3 aromatic carbocycles. The normalized spacial score (nSPS) is 11.3. The minimum atomic E-state index is -3.60. The number of anilines is 1. The Labute approximate surface area is 198 Å². The van der Waals surface area contributed by atoms with E-state index in [2.05, 4.69) is 4.72 Å². The minimum Gasteiger partial charge on any atom is -0.334 e. The Balaban J connectivity index is 1.49. The molecule has 33 heavy (non-hydrogen) atoms. The van der Waals surface area contributed by atoms with Gasteiger partial charge in [0.25, 0.3) is 10.0 Å². The molecule has 1 N–H and O–H groups in total. The molecular weight excluding hydrogens is 452 g/mol. The molecule has 1 amide bonds. The summed E-state index contributed by atoms with van der Waals surface area (Å²) in [7, 11) is -1.78. The van der Waals surface area contributed by atoms with Crippen LogP contribution >= 0.6 is 11.3 Å². The Morgan fingerprint density at radius 1 is 0.848 bits per heavy atom. The summed E-state index contributed by atoms with van der Waals surface area (Å²) in [6.07, 6.45) is 0.213. The highest BCUT2D eigenvalue weighted by Crippen LogP contribution is 2.28. The predicted molar refractivity (Wildman–Crippen MR) is 133 cm³/mol. The molecule has 0 radical (unpaired) electrons. The van der Waals surface area contributed by atoms with Gasteiger partial charge in [0.1, 0.15) is 4.21 Å². The Kier molecular flexibility index (Phi) is 6.91. The molecule has 5 nitrogen and oxygen atoms in total. The Hall–Kier alpha value is -3.42. The van der Waals surface area contributed by atoms with Crippen molar-refractivity contribution in [1.82, 2.24) is 4.90 Å². The Morgan fingerprint density at radius 2 is 1.42 bits per heavy atom. The van der Waals surface area contributed by atoms with Gasteiger partial charge in [0, 0.05) is 12.7 Å². The van der Waals surface area contributed by atoms with Crippen LogP contribution in [0.5, 0.6) is 0 Å². The summed E-state index contributed by atoms with van der Waals surface area (Å²) in [5.41, 5.74) is 3.35. The molecule has 168 valence electrons. The molecule has 0 unspecified atom stereocenters. The van der Waals surface area contributed by atoms with Crippen molar-refractivity contribution < 1.29 is 13.2 Å². The van der Waals surface area contributed by atoms with Crippen LogP contribution in [0.25, 0.3) is 0 Å². The highest BCUT2D eigenvalue weighted by molar-refractivity contribution is 7.94. The van der Waals surface area contributed by atoms with E-state index in [-0.39, 0.29) is 22.6 Å². The molecule has 0 spiro atoms. The number of benzene rings is 3. The second-order valence-corrected chi connectivity index (χ2v) is 10.5. The molecule has 0 saturated carbocycles. The number of sulfonamides is 1. The lowest BCUT2D eigenvalue weighted by Gasteiger charge is -2.29. The number of nitrogens with one attached hydrogen (secondary N) is 1. The third-order valence-corrected chi connectivity index (χ3v) is 8.11. The fourth-order valence-corrected chi connectivity index (χ4v) is 5.72. The molecule has 0 aliphatic carbocycles. The number of likely N-dealkylation sites (N-methyl/N-ethyl adjacent to an activating group) is 1. The van der Waals surface area contributed by atoms with Crippen molar-refractivity contribution in [3.8, 4) is 0 Å². The van der Waals surface area contributed by atoms with Gasteiger partial charge in [-0.3, -0.25) is 9.52 Å². The van der Waals surface area contributed by atoms with Gasteiger partial charge in [-0.15, -0.1) is 11.3 Å². The van der Waals surface area contributed by atoms with Crippen molar-refractivity contribution in [3.63, 3.8) is 0 Å². The summed E-state index contributed by atoms with van der Waals surface area (Å²) in [5.74, 6) is -0.0281. The topological polar surface area (TPSA) is 66.5 Å². The molecule has 1 heterocycles. The first-order chi connectivity index (χ1) is 15.9. The van der Waals surface area contributed by atoms with Gasteiger partial charge in [-0.25, -0.2) is 8.42 Å². The maximum Gasteiger partial charge on any atom is 0.271 e. The van der Waals surface area contributed by atoms with Crippen LogP contribution in [-0.2, 0) is 21.2 Å².